The van der Waals surface area contributed by atoms with Crippen molar-refractivity contribution in [1.82, 2.24) is 5.32 Å². The van der Waals surface area contributed by atoms with Gasteiger partial charge in [-0.05, 0) is 55.1 Å². The van der Waals surface area contributed by atoms with Crippen LogP contribution in [-0.2, 0) is 20.7 Å². The average molecular weight is 345 g/mol. The van der Waals surface area contributed by atoms with Crippen molar-refractivity contribution < 1.29 is 19.4 Å². The Balaban J connectivity index is 1.54. The summed E-state index contributed by atoms with van der Waals surface area (Å²) in [5, 5.41) is 12.4. The van der Waals surface area contributed by atoms with E-state index in [1.54, 1.807) is 0 Å². The molecule has 0 bridgehead atoms. The summed E-state index contributed by atoms with van der Waals surface area (Å²) in [6.07, 6.45) is 5.16. The molecule has 1 fully saturated rings. The number of fused-ring (bicyclic) bond motifs is 1. The van der Waals surface area contributed by atoms with Crippen LogP contribution >= 0.6 is 0 Å². The first-order chi connectivity index (χ1) is 12.1. The summed E-state index contributed by atoms with van der Waals surface area (Å²) >= 11 is 0. The van der Waals surface area contributed by atoms with Gasteiger partial charge in [0.15, 0.2) is 0 Å². The van der Waals surface area contributed by atoms with E-state index in [-0.39, 0.29) is 24.3 Å². The van der Waals surface area contributed by atoms with Crippen LogP contribution < -0.4 is 5.32 Å². The lowest BCUT2D eigenvalue weighted by Crippen LogP contribution is -2.39. The van der Waals surface area contributed by atoms with Crippen LogP contribution in [0.1, 0.15) is 49.1 Å². The number of rotatable bonds is 6. The summed E-state index contributed by atoms with van der Waals surface area (Å²) in [6.45, 7) is 1.44. The molecule has 1 heterocycles. The molecule has 2 N–H and O–H groups in total. The van der Waals surface area contributed by atoms with E-state index in [4.69, 9.17) is 4.74 Å². The Labute approximate surface area is 148 Å². The van der Waals surface area contributed by atoms with E-state index in [1.165, 1.54) is 11.1 Å². The van der Waals surface area contributed by atoms with Crippen molar-refractivity contribution in [1.29, 1.82) is 0 Å². The van der Waals surface area contributed by atoms with Gasteiger partial charge in [0.25, 0.3) is 0 Å². The van der Waals surface area contributed by atoms with Crippen molar-refractivity contribution in [3.63, 3.8) is 0 Å². The Morgan fingerprint density at radius 2 is 1.96 bits per heavy atom. The first-order valence-corrected chi connectivity index (χ1v) is 9.30. The zero-order chi connectivity index (χ0) is 17.6. The van der Waals surface area contributed by atoms with Crippen molar-refractivity contribution in [3.8, 4) is 0 Å². The summed E-state index contributed by atoms with van der Waals surface area (Å²) in [5.74, 6) is -1.06. The fraction of sp³-hybridized carbons (Fsp3) is 0.600. The highest BCUT2D eigenvalue weighted by atomic mass is 16.5. The van der Waals surface area contributed by atoms with Crippen molar-refractivity contribution in [2.45, 2.75) is 44.4 Å². The first kappa shape index (κ1) is 17.9. The number of carbonyl (C=O) groups excluding carboxylic acids is 1. The molecule has 136 valence electrons. The predicted molar refractivity (Wildman–Crippen MR) is 94.4 cm³/mol. The third-order valence-electron chi connectivity index (χ3n) is 5.60. The third-order valence-corrected chi connectivity index (χ3v) is 5.60. The monoisotopic (exact) mass is 345 g/mol. The molecule has 3 rings (SSSR count). The fourth-order valence-electron chi connectivity index (χ4n) is 4.16. The van der Waals surface area contributed by atoms with E-state index in [2.05, 4.69) is 17.4 Å². The highest BCUT2D eigenvalue weighted by Gasteiger charge is 2.30. The Kier molecular flexibility index (Phi) is 6.08. The van der Waals surface area contributed by atoms with Crippen molar-refractivity contribution in [2.75, 3.05) is 19.8 Å². The van der Waals surface area contributed by atoms with Gasteiger partial charge in [0.2, 0.25) is 5.91 Å². The Bertz CT molecular complexity index is 609. The molecule has 2 atom stereocenters. The quantitative estimate of drug-likeness (QED) is 0.831. The Morgan fingerprint density at radius 1 is 1.20 bits per heavy atom. The maximum absolute atomic E-state index is 12.4. The van der Waals surface area contributed by atoms with Gasteiger partial charge >= 0.3 is 5.97 Å². The number of hydrogen-bond donors (Lipinski definition) is 2. The molecule has 1 aromatic carbocycles. The van der Waals surface area contributed by atoms with Crippen LogP contribution in [0.2, 0.25) is 0 Å². The number of benzene rings is 1. The molecule has 5 nitrogen and oxygen atoms in total. The van der Waals surface area contributed by atoms with Gasteiger partial charge in [-0.1, -0.05) is 24.3 Å². The van der Waals surface area contributed by atoms with E-state index < -0.39 is 11.9 Å². The van der Waals surface area contributed by atoms with Gasteiger partial charge in [-0.15, -0.1) is 0 Å². The molecule has 1 aliphatic heterocycles. The van der Waals surface area contributed by atoms with Crippen LogP contribution in [0.15, 0.2) is 24.3 Å². The van der Waals surface area contributed by atoms with E-state index in [1.807, 2.05) is 12.1 Å². The minimum Gasteiger partial charge on any atom is -0.481 e. The van der Waals surface area contributed by atoms with E-state index in [9.17, 15) is 14.7 Å². The van der Waals surface area contributed by atoms with Gasteiger partial charge in [0, 0.05) is 26.2 Å². The van der Waals surface area contributed by atoms with Gasteiger partial charge in [-0.3, -0.25) is 9.59 Å². The van der Waals surface area contributed by atoms with Crippen LogP contribution in [-0.4, -0.2) is 36.7 Å². The summed E-state index contributed by atoms with van der Waals surface area (Å²) < 4.78 is 5.31. The topological polar surface area (TPSA) is 75.6 Å². The van der Waals surface area contributed by atoms with Gasteiger partial charge in [0.1, 0.15) is 0 Å². The number of carboxylic acids is 1. The van der Waals surface area contributed by atoms with Crippen LogP contribution in [0.4, 0.5) is 0 Å². The van der Waals surface area contributed by atoms with Crippen LogP contribution in [0.25, 0.3) is 0 Å². The van der Waals surface area contributed by atoms with Crippen molar-refractivity contribution in [2.24, 2.45) is 11.8 Å². The third kappa shape index (κ3) is 4.60. The number of carbonyl (C=O) groups is 2. The number of nitrogens with one attached hydrogen (secondary N) is 1. The SMILES string of the molecule is O=C(CC1CCCc2ccccc21)NCC(C(=O)O)C1CCOCC1. The minimum absolute atomic E-state index is 0.0417. The smallest absolute Gasteiger partial charge is 0.308 e. The van der Waals surface area contributed by atoms with E-state index >= 15 is 0 Å². The number of aliphatic carboxylic acids is 1. The normalized spacial score (nSPS) is 22.0. The van der Waals surface area contributed by atoms with E-state index in [0.717, 1.165) is 32.1 Å². The second kappa shape index (κ2) is 8.48. The zero-order valence-corrected chi connectivity index (χ0v) is 14.6. The maximum Gasteiger partial charge on any atom is 0.308 e. The molecule has 1 saturated heterocycles. The lowest BCUT2D eigenvalue weighted by Gasteiger charge is -2.28. The molecule has 5 heteroatoms. The summed E-state index contributed by atoms with van der Waals surface area (Å²) in [6, 6.07) is 8.34. The zero-order valence-electron chi connectivity index (χ0n) is 14.6. The Hall–Kier alpha value is -1.88. The van der Waals surface area contributed by atoms with Crippen LogP contribution in [0.5, 0.6) is 0 Å². The van der Waals surface area contributed by atoms with Crippen LogP contribution in [0, 0.1) is 11.8 Å². The molecular formula is C20H27NO4. The summed E-state index contributed by atoms with van der Waals surface area (Å²) in [4.78, 5) is 24.0. The molecule has 0 saturated carbocycles. The fourth-order valence-corrected chi connectivity index (χ4v) is 4.16. The molecule has 2 unspecified atom stereocenters. The highest BCUT2D eigenvalue weighted by molar-refractivity contribution is 5.78. The molecule has 1 amide bonds. The second-order valence-electron chi connectivity index (χ2n) is 7.19. The van der Waals surface area contributed by atoms with Gasteiger partial charge in [-0.2, -0.15) is 0 Å². The second-order valence-corrected chi connectivity index (χ2v) is 7.19. The largest absolute Gasteiger partial charge is 0.481 e. The molecule has 2 aliphatic rings. The van der Waals surface area contributed by atoms with Gasteiger partial charge in [-0.25, -0.2) is 0 Å². The number of amides is 1. The predicted octanol–water partition coefficient (Wildman–Crippen LogP) is 2.74. The summed E-state index contributed by atoms with van der Waals surface area (Å²) in [7, 11) is 0. The maximum atomic E-state index is 12.4. The number of hydrogen-bond acceptors (Lipinski definition) is 3. The number of aryl methyl sites for hydroxylation is 1. The molecule has 0 aromatic heterocycles. The molecule has 25 heavy (non-hydrogen) atoms. The van der Waals surface area contributed by atoms with Gasteiger partial charge < -0.3 is 15.2 Å². The highest BCUT2D eigenvalue weighted by Crippen LogP contribution is 2.33. The molecular weight excluding hydrogens is 318 g/mol. The number of ether oxygens (including phenoxy) is 1. The number of carboxylic acid groups (broad SMARTS) is 1. The summed E-state index contributed by atoms with van der Waals surface area (Å²) in [5.41, 5.74) is 2.63. The van der Waals surface area contributed by atoms with Gasteiger partial charge in [0.05, 0.1) is 5.92 Å². The van der Waals surface area contributed by atoms with Crippen molar-refractivity contribution >= 4 is 11.9 Å². The molecule has 1 aromatic rings. The van der Waals surface area contributed by atoms with Crippen LogP contribution in [0.3, 0.4) is 0 Å². The average Bonchev–Trinajstić information content (AvgIpc) is 2.63. The standard InChI is InChI=1S/C20H27NO4/c22-19(12-16-6-3-5-14-4-1-2-7-17(14)16)21-13-18(20(23)24)15-8-10-25-11-9-15/h1-2,4,7,15-16,18H,3,5-6,8-13H2,(H,21,22)(H,23,24). The Morgan fingerprint density at radius 3 is 2.72 bits per heavy atom. The molecule has 1 aliphatic carbocycles. The minimum atomic E-state index is -0.824. The lowest BCUT2D eigenvalue weighted by molar-refractivity contribution is -0.145. The van der Waals surface area contributed by atoms with Crippen molar-refractivity contribution in [3.05, 3.63) is 35.4 Å². The first-order valence-electron chi connectivity index (χ1n) is 9.30. The lowest BCUT2D eigenvalue weighted by atomic mass is 9.81. The molecule has 0 spiro atoms. The molecule has 0 radical (unpaired) electrons. The van der Waals surface area contributed by atoms with E-state index in [0.29, 0.717) is 19.6 Å².